The van der Waals surface area contributed by atoms with Gasteiger partial charge in [0.1, 0.15) is 0 Å². The van der Waals surface area contributed by atoms with E-state index in [0.29, 0.717) is 6.04 Å². The van der Waals surface area contributed by atoms with Gasteiger partial charge in [0.25, 0.3) is 0 Å². The highest BCUT2D eigenvalue weighted by Crippen LogP contribution is 2.16. The Balaban J connectivity index is 2.38. The fraction of sp³-hybridized carbons (Fsp3) is 0.833. The van der Waals surface area contributed by atoms with E-state index in [0.717, 1.165) is 13.1 Å². The van der Waals surface area contributed by atoms with E-state index in [1.54, 1.807) is 0 Å². The van der Waals surface area contributed by atoms with Crippen LogP contribution in [0, 0.1) is 0 Å². The molecule has 0 saturated carbocycles. The normalized spacial score (nSPS) is 21.8. The van der Waals surface area contributed by atoms with E-state index in [4.69, 9.17) is 5.11 Å². The number of allylic oxidation sites excluding steroid dienone is 1. The van der Waals surface area contributed by atoms with Crippen LogP contribution in [0.15, 0.2) is 12.2 Å². The Bertz CT molecular complexity index is 168. The van der Waals surface area contributed by atoms with Gasteiger partial charge in [0, 0.05) is 12.6 Å². The van der Waals surface area contributed by atoms with Gasteiger partial charge in [-0.3, -0.25) is 4.90 Å². The summed E-state index contributed by atoms with van der Waals surface area (Å²) in [7, 11) is 0. The van der Waals surface area contributed by atoms with E-state index >= 15 is 0 Å². The third kappa shape index (κ3) is 3.81. The summed E-state index contributed by atoms with van der Waals surface area (Å²) < 4.78 is 0. The Morgan fingerprint density at radius 2 is 2.29 bits per heavy atom. The highest BCUT2D eigenvalue weighted by Gasteiger charge is 2.16. The first-order valence-electron chi connectivity index (χ1n) is 5.90. The summed E-state index contributed by atoms with van der Waals surface area (Å²) in [6, 6.07) is 0.586. The van der Waals surface area contributed by atoms with Crippen molar-refractivity contribution in [1.82, 2.24) is 4.90 Å². The summed E-state index contributed by atoms with van der Waals surface area (Å²) in [5.74, 6) is 0. The van der Waals surface area contributed by atoms with Gasteiger partial charge in [-0.05, 0) is 32.2 Å². The fourth-order valence-electron chi connectivity index (χ4n) is 2.03. The Labute approximate surface area is 87.6 Å². The summed E-state index contributed by atoms with van der Waals surface area (Å²) in [6.07, 6.45) is 10.9. The lowest BCUT2D eigenvalue weighted by atomic mass is 10.0. The van der Waals surface area contributed by atoms with Crippen LogP contribution in [0.2, 0.25) is 0 Å². The van der Waals surface area contributed by atoms with E-state index in [1.807, 2.05) is 0 Å². The van der Waals surface area contributed by atoms with Gasteiger partial charge in [-0.15, -0.1) is 0 Å². The molecular weight excluding hydrogens is 174 g/mol. The smallest absolute Gasteiger partial charge is 0.0558 e. The largest absolute Gasteiger partial charge is 0.395 e. The molecule has 1 aliphatic rings. The van der Waals surface area contributed by atoms with Crippen LogP contribution in [0.25, 0.3) is 0 Å². The molecule has 1 rings (SSSR count). The lowest BCUT2D eigenvalue weighted by molar-refractivity contribution is 0.160. The van der Waals surface area contributed by atoms with Crippen LogP contribution in [0.5, 0.6) is 0 Å². The molecule has 2 heteroatoms. The van der Waals surface area contributed by atoms with Crippen LogP contribution < -0.4 is 0 Å². The van der Waals surface area contributed by atoms with Crippen molar-refractivity contribution in [2.24, 2.45) is 0 Å². The van der Waals surface area contributed by atoms with E-state index in [9.17, 15) is 0 Å². The first kappa shape index (κ1) is 11.7. The molecule has 0 amide bonds. The Kier molecular flexibility index (Phi) is 5.88. The van der Waals surface area contributed by atoms with Crippen molar-refractivity contribution in [1.29, 1.82) is 0 Å². The van der Waals surface area contributed by atoms with Crippen LogP contribution in [0.3, 0.4) is 0 Å². The van der Waals surface area contributed by atoms with Gasteiger partial charge in [0.15, 0.2) is 0 Å². The number of hydrogen-bond donors (Lipinski definition) is 1. The van der Waals surface area contributed by atoms with E-state index in [2.05, 4.69) is 24.0 Å². The topological polar surface area (TPSA) is 23.5 Å². The number of rotatable bonds is 6. The van der Waals surface area contributed by atoms with Crippen LogP contribution in [0.4, 0.5) is 0 Å². The Hall–Kier alpha value is -0.340. The molecule has 0 radical (unpaired) electrons. The highest BCUT2D eigenvalue weighted by atomic mass is 16.3. The predicted octanol–water partition coefficient (Wildman–Crippen LogP) is 2.19. The zero-order valence-corrected chi connectivity index (χ0v) is 9.28. The fourth-order valence-corrected chi connectivity index (χ4v) is 2.03. The number of nitrogens with zero attached hydrogens (tertiary/aromatic N) is 1. The van der Waals surface area contributed by atoms with Crippen molar-refractivity contribution < 1.29 is 5.11 Å². The third-order valence-electron chi connectivity index (χ3n) is 2.88. The second kappa shape index (κ2) is 7.02. The van der Waals surface area contributed by atoms with E-state index < -0.39 is 0 Å². The van der Waals surface area contributed by atoms with Crippen LogP contribution in [-0.2, 0) is 0 Å². The molecule has 2 nitrogen and oxygen atoms in total. The Morgan fingerprint density at radius 3 is 2.86 bits per heavy atom. The van der Waals surface area contributed by atoms with Crippen LogP contribution in [0.1, 0.15) is 39.0 Å². The van der Waals surface area contributed by atoms with Crippen molar-refractivity contribution in [2.45, 2.75) is 45.1 Å². The number of aliphatic hydroxyl groups excluding tert-OH is 1. The summed E-state index contributed by atoms with van der Waals surface area (Å²) in [6.45, 7) is 4.46. The second-order valence-electron chi connectivity index (χ2n) is 4.04. The summed E-state index contributed by atoms with van der Waals surface area (Å²) in [5, 5.41) is 9.00. The molecule has 1 aliphatic carbocycles. The van der Waals surface area contributed by atoms with Crippen LogP contribution in [-0.4, -0.2) is 35.7 Å². The van der Waals surface area contributed by atoms with Crippen molar-refractivity contribution in [3.63, 3.8) is 0 Å². The number of unbranched alkanes of at least 4 members (excludes halogenated alkanes) is 1. The van der Waals surface area contributed by atoms with Gasteiger partial charge < -0.3 is 5.11 Å². The quantitative estimate of drug-likeness (QED) is 0.660. The van der Waals surface area contributed by atoms with Gasteiger partial charge in [-0.2, -0.15) is 0 Å². The van der Waals surface area contributed by atoms with Crippen molar-refractivity contribution in [2.75, 3.05) is 19.7 Å². The predicted molar refractivity (Wildman–Crippen MR) is 60.3 cm³/mol. The van der Waals surface area contributed by atoms with E-state index in [1.165, 1.54) is 32.1 Å². The van der Waals surface area contributed by atoms with Gasteiger partial charge >= 0.3 is 0 Å². The maximum Gasteiger partial charge on any atom is 0.0558 e. The molecular formula is C12H23NO. The Morgan fingerprint density at radius 1 is 1.43 bits per heavy atom. The summed E-state index contributed by atoms with van der Waals surface area (Å²) in [5.41, 5.74) is 0. The summed E-state index contributed by atoms with van der Waals surface area (Å²) in [4.78, 5) is 2.42. The molecule has 1 atom stereocenters. The highest BCUT2D eigenvalue weighted by molar-refractivity contribution is 4.98. The zero-order valence-electron chi connectivity index (χ0n) is 9.28. The zero-order chi connectivity index (χ0) is 10.2. The standard InChI is InChI=1S/C12H23NO/c1-2-3-9-13(10-11-14)12-7-5-4-6-8-12/h5,7,12,14H,2-4,6,8-11H2,1H3. The monoisotopic (exact) mass is 197 g/mol. The molecule has 0 aromatic heterocycles. The second-order valence-corrected chi connectivity index (χ2v) is 4.04. The lowest BCUT2D eigenvalue weighted by Gasteiger charge is -2.30. The summed E-state index contributed by atoms with van der Waals surface area (Å²) >= 11 is 0. The van der Waals surface area contributed by atoms with Crippen molar-refractivity contribution in [3.05, 3.63) is 12.2 Å². The van der Waals surface area contributed by atoms with Crippen LogP contribution >= 0.6 is 0 Å². The maximum atomic E-state index is 9.00. The first-order chi connectivity index (χ1) is 6.88. The lowest BCUT2D eigenvalue weighted by Crippen LogP contribution is -2.37. The van der Waals surface area contributed by atoms with E-state index in [-0.39, 0.29) is 6.61 Å². The molecule has 0 aromatic rings. The number of aliphatic hydroxyl groups is 1. The molecule has 1 unspecified atom stereocenters. The number of hydrogen-bond acceptors (Lipinski definition) is 2. The molecule has 0 saturated heterocycles. The molecule has 1 N–H and O–H groups in total. The minimum absolute atomic E-state index is 0.286. The van der Waals surface area contributed by atoms with Gasteiger partial charge in [-0.1, -0.05) is 25.5 Å². The average molecular weight is 197 g/mol. The molecule has 0 aromatic carbocycles. The molecule has 0 spiro atoms. The van der Waals surface area contributed by atoms with Gasteiger partial charge in [-0.25, -0.2) is 0 Å². The maximum absolute atomic E-state index is 9.00. The molecule has 82 valence electrons. The molecule has 0 aliphatic heterocycles. The molecule has 0 heterocycles. The third-order valence-corrected chi connectivity index (χ3v) is 2.88. The minimum atomic E-state index is 0.286. The van der Waals surface area contributed by atoms with Gasteiger partial charge in [0.2, 0.25) is 0 Å². The molecule has 14 heavy (non-hydrogen) atoms. The van der Waals surface area contributed by atoms with Crippen molar-refractivity contribution in [3.8, 4) is 0 Å². The SMILES string of the molecule is CCCCN(CCO)C1C=CCCC1. The molecule has 0 fully saturated rings. The van der Waals surface area contributed by atoms with Crippen molar-refractivity contribution >= 4 is 0 Å². The molecule has 0 bridgehead atoms. The average Bonchev–Trinajstić information content (AvgIpc) is 2.25. The minimum Gasteiger partial charge on any atom is -0.395 e. The van der Waals surface area contributed by atoms with Gasteiger partial charge in [0.05, 0.1) is 6.61 Å². The first-order valence-corrected chi connectivity index (χ1v) is 5.90.